The van der Waals surface area contributed by atoms with Crippen molar-refractivity contribution >= 4 is 27.2 Å². The summed E-state index contributed by atoms with van der Waals surface area (Å²) >= 11 is 0. The van der Waals surface area contributed by atoms with Gasteiger partial charge in [0.25, 0.3) is 10.0 Å². The van der Waals surface area contributed by atoms with Gasteiger partial charge in [0.1, 0.15) is 17.3 Å². The van der Waals surface area contributed by atoms with Crippen molar-refractivity contribution in [3.05, 3.63) is 66.9 Å². The lowest BCUT2D eigenvalue weighted by Crippen LogP contribution is -2.13. The number of sulfonamides is 1. The number of nitrogens with zero attached hydrogens (tertiary/aromatic N) is 1. The van der Waals surface area contributed by atoms with Crippen molar-refractivity contribution in [1.82, 2.24) is 4.98 Å². The topological polar surface area (TPSA) is 89.6 Å². The molecule has 140 valence electrons. The van der Waals surface area contributed by atoms with E-state index in [-0.39, 0.29) is 10.7 Å². The second-order valence-electron chi connectivity index (χ2n) is 5.54. The molecule has 1 aromatic heterocycles. The maximum Gasteiger partial charge on any atom is 0.263 e. The Hall–Kier alpha value is -3.26. The first-order valence-electron chi connectivity index (χ1n) is 8.05. The van der Waals surface area contributed by atoms with Gasteiger partial charge in [0.05, 0.1) is 36.7 Å². The minimum atomic E-state index is -3.67. The maximum absolute atomic E-state index is 12.3. The number of pyridine rings is 1. The Labute approximate surface area is 158 Å². The van der Waals surface area contributed by atoms with Crippen molar-refractivity contribution < 1.29 is 17.9 Å². The molecule has 0 bridgehead atoms. The third kappa shape index (κ3) is 4.48. The van der Waals surface area contributed by atoms with Gasteiger partial charge in [-0.2, -0.15) is 0 Å². The highest BCUT2D eigenvalue weighted by Crippen LogP contribution is 2.31. The first-order valence-corrected chi connectivity index (χ1v) is 9.53. The predicted octanol–water partition coefficient (Wildman–Crippen LogP) is 3.64. The van der Waals surface area contributed by atoms with E-state index >= 15 is 0 Å². The molecule has 0 spiro atoms. The molecule has 0 unspecified atom stereocenters. The highest BCUT2D eigenvalue weighted by Gasteiger charge is 2.14. The zero-order valence-electron chi connectivity index (χ0n) is 14.8. The molecule has 3 rings (SSSR count). The molecular weight excluding hydrogens is 366 g/mol. The molecule has 1 heterocycles. The molecule has 0 amide bonds. The lowest BCUT2D eigenvalue weighted by molar-refractivity contribution is 0.395. The van der Waals surface area contributed by atoms with Crippen molar-refractivity contribution in [1.29, 1.82) is 0 Å². The van der Waals surface area contributed by atoms with Crippen LogP contribution in [0.15, 0.2) is 71.8 Å². The molecule has 27 heavy (non-hydrogen) atoms. The summed E-state index contributed by atoms with van der Waals surface area (Å²) in [7, 11) is -0.517. The second-order valence-corrected chi connectivity index (χ2v) is 7.22. The molecule has 2 N–H and O–H groups in total. The van der Waals surface area contributed by atoms with E-state index in [2.05, 4.69) is 15.0 Å². The molecule has 3 aromatic rings. The lowest BCUT2D eigenvalue weighted by Gasteiger charge is -2.13. The summed E-state index contributed by atoms with van der Waals surface area (Å²) in [6.45, 7) is 0. The zero-order chi connectivity index (χ0) is 19.3. The van der Waals surface area contributed by atoms with E-state index in [1.165, 1.54) is 18.3 Å². The fourth-order valence-electron chi connectivity index (χ4n) is 2.38. The first-order chi connectivity index (χ1) is 13.0. The summed E-state index contributed by atoms with van der Waals surface area (Å²) in [4.78, 5) is 4.33. The third-order valence-corrected chi connectivity index (χ3v) is 5.11. The van der Waals surface area contributed by atoms with Crippen LogP contribution in [0.3, 0.4) is 0 Å². The fraction of sp³-hybridized carbons (Fsp3) is 0.105. The smallest absolute Gasteiger partial charge is 0.263 e. The van der Waals surface area contributed by atoms with E-state index in [0.29, 0.717) is 17.2 Å². The maximum atomic E-state index is 12.3. The number of aromatic nitrogens is 1. The molecule has 8 heteroatoms. The average molecular weight is 385 g/mol. The van der Waals surface area contributed by atoms with Gasteiger partial charge in [0, 0.05) is 6.07 Å². The molecule has 2 aromatic carbocycles. The van der Waals surface area contributed by atoms with Crippen molar-refractivity contribution in [2.24, 2.45) is 0 Å². The van der Waals surface area contributed by atoms with Gasteiger partial charge in [-0.1, -0.05) is 18.2 Å². The molecular formula is C19H19N3O4S. The van der Waals surface area contributed by atoms with Crippen LogP contribution in [-0.2, 0) is 10.0 Å². The fourth-order valence-corrected chi connectivity index (χ4v) is 3.41. The molecule has 0 radical (unpaired) electrons. The van der Waals surface area contributed by atoms with Crippen LogP contribution < -0.4 is 19.5 Å². The molecule has 0 saturated heterocycles. The zero-order valence-corrected chi connectivity index (χ0v) is 15.7. The van der Waals surface area contributed by atoms with Gasteiger partial charge in [-0.15, -0.1) is 0 Å². The van der Waals surface area contributed by atoms with E-state index in [0.717, 1.165) is 5.69 Å². The Morgan fingerprint density at radius 2 is 1.70 bits per heavy atom. The normalized spacial score (nSPS) is 10.9. The van der Waals surface area contributed by atoms with Crippen LogP contribution >= 0.6 is 0 Å². The van der Waals surface area contributed by atoms with Crippen LogP contribution in [0.1, 0.15) is 0 Å². The van der Waals surface area contributed by atoms with Crippen molar-refractivity contribution in [3.8, 4) is 11.5 Å². The molecule has 0 aliphatic heterocycles. The standard InChI is InChI=1S/C19H19N3O4S/c1-25-15-9-10-17(18(12-15)26-2)21-14-8-11-19(20-13-14)22-27(23,24)16-6-4-3-5-7-16/h3-13,21H,1-2H3,(H,20,22). The van der Waals surface area contributed by atoms with Crippen molar-refractivity contribution in [3.63, 3.8) is 0 Å². The Bertz CT molecular complexity index is 1010. The van der Waals surface area contributed by atoms with Gasteiger partial charge in [0.15, 0.2) is 0 Å². The highest BCUT2D eigenvalue weighted by atomic mass is 32.2. The van der Waals surface area contributed by atoms with Gasteiger partial charge in [0.2, 0.25) is 0 Å². The lowest BCUT2D eigenvalue weighted by atomic mass is 10.2. The second kappa shape index (κ2) is 7.96. The van der Waals surface area contributed by atoms with E-state index in [4.69, 9.17) is 9.47 Å². The highest BCUT2D eigenvalue weighted by molar-refractivity contribution is 7.92. The Morgan fingerprint density at radius 1 is 0.926 bits per heavy atom. The Kier molecular flexibility index (Phi) is 5.46. The molecule has 0 aliphatic carbocycles. The van der Waals surface area contributed by atoms with E-state index in [1.807, 2.05) is 6.07 Å². The van der Waals surface area contributed by atoms with Crippen LogP contribution in [0, 0.1) is 0 Å². The number of benzene rings is 2. The predicted molar refractivity (Wildman–Crippen MR) is 104 cm³/mol. The van der Waals surface area contributed by atoms with Crippen molar-refractivity contribution in [2.45, 2.75) is 4.90 Å². The summed E-state index contributed by atoms with van der Waals surface area (Å²) in [5.74, 6) is 1.52. The molecule has 0 aliphatic rings. The number of ether oxygens (including phenoxy) is 2. The van der Waals surface area contributed by atoms with Gasteiger partial charge in [-0.3, -0.25) is 4.72 Å². The first kappa shape index (κ1) is 18.5. The number of nitrogens with one attached hydrogen (secondary N) is 2. The van der Waals surface area contributed by atoms with E-state index in [9.17, 15) is 8.42 Å². The summed E-state index contributed by atoms with van der Waals surface area (Å²) < 4.78 is 37.6. The summed E-state index contributed by atoms with van der Waals surface area (Å²) in [6, 6.07) is 16.8. The molecule has 7 nitrogen and oxygen atoms in total. The Morgan fingerprint density at radius 3 is 2.33 bits per heavy atom. The van der Waals surface area contributed by atoms with Gasteiger partial charge in [-0.05, 0) is 36.4 Å². The Balaban J connectivity index is 1.75. The molecule has 0 fully saturated rings. The van der Waals surface area contributed by atoms with E-state index < -0.39 is 10.0 Å². The average Bonchev–Trinajstić information content (AvgIpc) is 2.70. The minimum Gasteiger partial charge on any atom is -0.497 e. The van der Waals surface area contributed by atoms with Crippen molar-refractivity contribution in [2.75, 3.05) is 24.3 Å². The summed E-state index contributed by atoms with van der Waals surface area (Å²) in [6.07, 6.45) is 1.53. The monoisotopic (exact) mass is 385 g/mol. The van der Waals surface area contributed by atoms with Crippen LogP contribution in [0.25, 0.3) is 0 Å². The van der Waals surface area contributed by atoms with Gasteiger partial charge >= 0.3 is 0 Å². The minimum absolute atomic E-state index is 0.178. The van der Waals surface area contributed by atoms with Crippen LogP contribution in [0.5, 0.6) is 11.5 Å². The van der Waals surface area contributed by atoms with E-state index in [1.54, 1.807) is 56.7 Å². The number of rotatable bonds is 7. The SMILES string of the molecule is COc1ccc(Nc2ccc(NS(=O)(=O)c3ccccc3)nc2)c(OC)c1. The number of anilines is 3. The van der Waals surface area contributed by atoms with Crippen LogP contribution in [-0.4, -0.2) is 27.6 Å². The number of methoxy groups -OCH3 is 2. The number of hydrogen-bond acceptors (Lipinski definition) is 6. The quantitative estimate of drug-likeness (QED) is 0.645. The molecule has 0 saturated carbocycles. The number of hydrogen-bond donors (Lipinski definition) is 2. The van der Waals surface area contributed by atoms with Gasteiger partial charge < -0.3 is 14.8 Å². The molecule has 0 atom stereocenters. The summed E-state index contributed by atoms with van der Waals surface area (Å²) in [5, 5.41) is 3.18. The summed E-state index contributed by atoms with van der Waals surface area (Å²) in [5.41, 5.74) is 1.42. The third-order valence-electron chi connectivity index (χ3n) is 3.74. The van der Waals surface area contributed by atoms with Crippen LogP contribution in [0.4, 0.5) is 17.2 Å². The van der Waals surface area contributed by atoms with Crippen LogP contribution in [0.2, 0.25) is 0 Å². The van der Waals surface area contributed by atoms with Gasteiger partial charge in [-0.25, -0.2) is 13.4 Å². The largest absolute Gasteiger partial charge is 0.497 e.